The fourth-order valence-corrected chi connectivity index (χ4v) is 2.29. The van der Waals surface area contributed by atoms with Crippen molar-refractivity contribution in [1.29, 1.82) is 0 Å². The molecule has 90 valence electrons. The lowest BCUT2D eigenvalue weighted by Gasteiger charge is -2.40. The molecule has 0 spiro atoms. The molecule has 4 unspecified atom stereocenters. The van der Waals surface area contributed by atoms with E-state index in [1.165, 1.54) is 0 Å². The Labute approximate surface area is 104 Å². The van der Waals surface area contributed by atoms with E-state index >= 15 is 0 Å². The van der Waals surface area contributed by atoms with Crippen LogP contribution in [-0.4, -0.2) is 58.9 Å². The van der Waals surface area contributed by atoms with Crippen molar-refractivity contribution in [2.75, 3.05) is 34.5 Å². The summed E-state index contributed by atoms with van der Waals surface area (Å²) in [6.07, 6.45) is -0.242. The SMILES string of the molecule is COC1COC(CNI)C(OC)C1OC. The predicted octanol–water partition coefficient (Wildman–Crippen LogP) is 0.370. The zero-order chi connectivity index (χ0) is 11.3. The maximum atomic E-state index is 5.66. The summed E-state index contributed by atoms with van der Waals surface area (Å²) >= 11 is 2.09. The minimum absolute atomic E-state index is 0.00301. The molecule has 15 heavy (non-hydrogen) atoms. The standard InChI is InChI=1S/C9H18INO4/c1-12-7-5-15-6(4-11-10)8(13-2)9(7)14-3/h6-9,11H,4-5H2,1-3H3. The van der Waals surface area contributed by atoms with E-state index < -0.39 is 0 Å². The van der Waals surface area contributed by atoms with Crippen molar-refractivity contribution in [1.82, 2.24) is 3.53 Å². The highest BCUT2D eigenvalue weighted by atomic mass is 127. The highest BCUT2D eigenvalue weighted by Crippen LogP contribution is 2.22. The Bertz CT molecular complexity index is 183. The van der Waals surface area contributed by atoms with Crippen molar-refractivity contribution in [3.63, 3.8) is 0 Å². The zero-order valence-electron chi connectivity index (χ0n) is 9.23. The molecule has 0 aromatic carbocycles. The van der Waals surface area contributed by atoms with Gasteiger partial charge in [0.05, 0.1) is 12.7 Å². The smallest absolute Gasteiger partial charge is 0.114 e. The van der Waals surface area contributed by atoms with Gasteiger partial charge in [-0.1, -0.05) is 0 Å². The summed E-state index contributed by atoms with van der Waals surface area (Å²) < 4.78 is 24.8. The van der Waals surface area contributed by atoms with Gasteiger partial charge in [-0.05, 0) is 0 Å². The van der Waals surface area contributed by atoms with Gasteiger partial charge in [0.25, 0.3) is 0 Å². The van der Waals surface area contributed by atoms with Crippen LogP contribution in [0, 0.1) is 0 Å². The van der Waals surface area contributed by atoms with Crippen LogP contribution in [-0.2, 0) is 18.9 Å². The van der Waals surface area contributed by atoms with E-state index in [9.17, 15) is 0 Å². The van der Waals surface area contributed by atoms with Crippen LogP contribution < -0.4 is 3.53 Å². The molecule has 0 amide bonds. The average Bonchev–Trinajstić information content (AvgIpc) is 2.28. The molecule has 1 aliphatic rings. The molecule has 0 saturated carbocycles. The van der Waals surface area contributed by atoms with E-state index in [0.717, 1.165) is 6.54 Å². The number of hydrogen-bond acceptors (Lipinski definition) is 5. The number of ether oxygens (including phenoxy) is 4. The van der Waals surface area contributed by atoms with Gasteiger partial charge < -0.3 is 18.9 Å². The molecule has 0 bridgehead atoms. The van der Waals surface area contributed by atoms with Gasteiger partial charge in [0.1, 0.15) is 18.3 Å². The van der Waals surface area contributed by atoms with Gasteiger partial charge in [-0.25, -0.2) is 0 Å². The lowest BCUT2D eigenvalue weighted by molar-refractivity contribution is -0.208. The number of hydrogen-bond donors (Lipinski definition) is 1. The second kappa shape index (κ2) is 6.97. The minimum atomic E-state index is -0.101. The monoisotopic (exact) mass is 331 g/mol. The van der Waals surface area contributed by atoms with Gasteiger partial charge in [0, 0.05) is 50.7 Å². The highest BCUT2D eigenvalue weighted by Gasteiger charge is 2.40. The third-order valence-corrected chi connectivity index (χ3v) is 3.10. The normalized spacial score (nSPS) is 36.8. The molecule has 1 rings (SSSR count). The first-order valence-corrected chi connectivity index (χ1v) is 5.89. The third kappa shape index (κ3) is 3.24. The maximum absolute atomic E-state index is 5.66. The molecule has 4 atom stereocenters. The molecule has 1 N–H and O–H groups in total. The van der Waals surface area contributed by atoms with Gasteiger partial charge in [-0.15, -0.1) is 0 Å². The van der Waals surface area contributed by atoms with Crippen LogP contribution in [0.25, 0.3) is 0 Å². The molecule has 6 heteroatoms. The molecule has 0 aromatic rings. The van der Waals surface area contributed by atoms with Crippen molar-refractivity contribution in [3.05, 3.63) is 0 Å². The summed E-state index contributed by atoms with van der Waals surface area (Å²) in [5, 5.41) is 0. The topological polar surface area (TPSA) is 49.0 Å². The van der Waals surface area contributed by atoms with Crippen molar-refractivity contribution >= 4 is 22.9 Å². The first kappa shape index (κ1) is 13.6. The summed E-state index contributed by atoms with van der Waals surface area (Å²) in [4.78, 5) is 0. The first-order valence-electron chi connectivity index (χ1n) is 4.82. The molecule has 0 radical (unpaired) electrons. The molecular weight excluding hydrogens is 313 g/mol. The maximum Gasteiger partial charge on any atom is 0.114 e. The highest BCUT2D eigenvalue weighted by molar-refractivity contribution is 14.1. The van der Waals surface area contributed by atoms with Crippen molar-refractivity contribution < 1.29 is 18.9 Å². The Morgan fingerprint density at radius 1 is 1.20 bits per heavy atom. The molecule has 0 aliphatic carbocycles. The molecule has 5 nitrogen and oxygen atoms in total. The predicted molar refractivity (Wildman–Crippen MR) is 64.2 cm³/mol. The van der Waals surface area contributed by atoms with E-state index in [1.54, 1.807) is 21.3 Å². The summed E-state index contributed by atoms with van der Waals surface area (Å²) in [7, 11) is 4.99. The Morgan fingerprint density at radius 2 is 1.87 bits per heavy atom. The summed E-state index contributed by atoms with van der Waals surface area (Å²) in [6, 6.07) is 0. The van der Waals surface area contributed by atoms with E-state index in [0.29, 0.717) is 6.61 Å². The first-order chi connectivity index (χ1) is 7.28. The quantitative estimate of drug-likeness (QED) is 0.583. The molecule has 1 saturated heterocycles. The van der Waals surface area contributed by atoms with Crippen LogP contribution in [0.1, 0.15) is 0 Å². The van der Waals surface area contributed by atoms with E-state index in [-0.39, 0.29) is 24.4 Å². The molecular formula is C9H18INO4. The van der Waals surface area contributed by atoms with Gasteiger partial charge in [0.15, 0.2) is 0 Å². The van der Waals surface area contributed by atoms with E-state index in [2.05, 4.69) is 26.4 Å². The van der Waals surface area contributed by atoms with Crippen LogP contribution in [0.5, 0.6) is 0 Å². The Balaban J connectivity index is 2.65. The fourth-order valence-electron chi connectivity index (χ4n) is 1.86. The van der Waals surface area contributed by atoms with Gasteiger partial charge in [-0.2, -0.15) is 0 Å². The molecule has 1 aliphatic heterocycles. The number of nitrogens with one attached hydrogen (secondary N) is 1. The van der Waals surface area contributed by atoms with Crippen molar-refractivity contribution in [2.45, 2.75) is 24.4 Å². The molecule has 0 aromatic heterocycles. The minimum Gasteiger partial charge on any atom is -0.376 e. The van der Waals surface area contributed by atoms with Gasteiger partial charge in [-0.3, -0.25) is 3.53 Å². The second-order valence-corrected chi connectivity index (χ2v) is 4.15. The van der Waals surface area contributed by atoms with Crippen LogP contribution in [0.15, 0.2) is 0 Å². The van der Waals surface area contributed by atoms with Gasteiger partial charge in [0.2, 0.25) is 0 Å². The van der Waals surface area contributed by atoms with E-state index in [1.807, 2.05) is 0 Å². The lowest BCUT2D eigenvalue weighted by Crippen LogP contribution is -2.57. The summed E-state index contributed by atoms with van der Waals surface area (Å²) in [5.74, 6) is 0. The van der Waals surface area contributed by atoms with Crippen LogP contribution >= 0.6 is 22.9 Å². The summed E-state index contributed by atoms with van der Waals surface area (Å²) in [5.41, 5.74) is 0. The summed E-state index contributed by atoms with van der Waals surface area (Å²) in [6.45, 7) is 1.27. The van der Waals surface area contributed by atoms with E-state index in [4.69, 9.17) is 18.9 Å². The fraction of sp³-hybridized carbons (Fsp3) is 1.00. The molecule has 1 heterocycles. The zero-order valence-corrected chi connectivity index (χ0v) is 11.4. The Hall–Kier alpha value is 0.530. The second-order valence-electron chi connectivity index (χ2n) is 3.38. The van der Waals surface area contributed by atoms with Crippen molar-refractivity contribution in [2.24, 2.45) is 0 Å². The molecule has 1 fully saturated rings. The van der Waals surface area contributed by atoms with Crippen LogP contribution in [0.2, 0.25) is 0 Å². The number of halogens is 1. The lowest BCUT2D eigenvalue weighted by atomic mass is 9.99. The number of rotatable bonds is 5. The largest absolute Gasteiger partial charge is 0.376 e. The average molecular weight is 331 g/mol. The van der Waals surface area contributed by atoms with Crippen LogP contribution in [0.4, 0.5) is 0 Å². The Kier molecular flexibility index (Phi) is 6.32. The van der Waals surface area contributed by atoms with Crippen LogP contribution in [0.3, 0.4) is 0 Å². The van der Waals surface area contributed by atoms with Crippen molar-refractivity contribution in [3.8, 4) is 0 Å². The number of methoxy groups -OCH3 is 3. The Morgan fingerprint density at radius 3 is 2.33 bits per heavy atom. The van der Waals surface area contributed by atoms with Gasteiger partial charge >= 0.3 is 0 Å². The third-order valence-electron chi connectivity index (χ3n) is 2.66.